The van der Waals surface area contributed by atoms with Crippen molar-refractivity contribution in [1.29, 1.82) is 0 Å². The number of guanidine groups is 1. The first-order valence-corrected chi connectivity index (χ1v) is 6.95. The van der Waals surface area contributed by atoms with Crippen LogP contribution in [-0.4, -0.2) is 34.7 Å². The van der Waals surface area contributed by atoms with Crippen molar-refractivity contribution in [2.24, 2.45) is 9.98 Å². The van der Waals surface area contributed by atoms with Gasteiger partial charge in [0, 0.05) is 5.39 Å². The Morgan fingerprint density at radius 3 is 2.74 bits per heavy atom. The molecule has 1 amide bonds. The fourth-order valence-corrected chi connectivity index (χ4v) is 2.22. The van der Waals surface area contributed by atoms with Crippen LogP contribution >= 0.6 is 0 Å². The molecule has 0 radical (unpaired) electrons. The lowest BCUT2D eigenvalue weighted by atomic mass is 10.2. The molecule has 0 atom stereocenters. The topological polar surface area (TPSA) is 88.8 Å². The molecule has 116 valence electrons. The fraction of sp³-hybridized carbons (Fsp3) is 0.188. The first-order chi connectivity index (χ1) is 11.0. The predicted molar refractivity (Wildman–Crippen MR) is 88.3 cm³/mol. The molecule has 7 nitrogen and oxygen atoms in total. The molecule has 1 aromatic heterocycles. The Morgan fingerprint density at radius 2 is 2.04 bits per heavy atom. The molecule has 2 aromatic rings. The van der Waals surface area contributed by atoms with Crippen LogP contribution in [0.2, 0.25) is 0 Å². The molecule has 0 aliphatic carbocycles. The largest absolute Gasteiger partial charge is 0.494 e. The van der Waals surface area contributed by atoms with Gasteiger partial charge in [0.1, 0.15) is 11.3 Å². The number of benzene rings is 1. The van der Waals surface area contributed by atoms with Gasteiger partial charge in [-0.15, -0.1) is 0 Å². The molecule has 1 aromatic carbocycles. The highest BCUT2D eigenvalue weighted by Gasteiger charge is 2.19. The summed E-state index contributed by atoms with van der Waals surface area (Å²) in [7, 11) is 1.58. The normalized spacial score (nSPS) is 16.5. The number of aryl methyl sites for hydroxylation is 1. The van der Waals surface area contributed by atoms with Gasteiger partial charge >= 0.3 is 0 Å². The van der Waals surface area contributed by atoms with Crippen molar-refractivity contribution in [2.75, 3.05) is 7.11 Å². The van der Waals surface area contributed by atoms with Crippen molar-refractivity contribution < 1.29 is 9.53 Å². The summed E-state index contributed by atoms with van der Waals surface area (Å²) in [5, 5.41) is 3.44. The van der Waals surface area contributed by atoms with Crippen LogP contribution in [0.25, 0.3) is 10.9 Å². The number of nitrogens with zero attached hydrogens (tertiary/aromatic N) is 4. The number of rotatable bonds is 2. The number of aliphatic imine (C=N–C) groups is 2. The Morgan fingerprint density at radius 1 is 1.26 bits per heavy atom. The first kappa shape index (κ1) is 14.8. The maximum atomic E-state index is 11.8. The van der Waals surface area contributed by atoms with Crippen LogP contribution in [0.4, 0.5) is 5.95 Å². The second-order valence-corrected chi connectivity index (χ2v) is 5.03. The van der Waals surface area contributed by atoms with Gasteiger partial charge in [-0.25, -0.2) is 15.0 Å². The number of fused-ring (bicyclic) bond motifs is 1. The maximum absolute atomic E-state index is 11.8. The fourth-order valence-electron chi connectivity index (χ4n) is 2.22. The van der Waals surface area contributed by atoms with Gasteiger partial charge in [-0.3, -0.25) is 10.1 Å². The standard InChI is InChI=1S/C16H15N5O2/c1-8-9(2)17-16(20-14(8)22)21-15-18-10(3)11-6-5-7-12(23-4)13(11)19-15/h5-7H,1H2,2-4H3,(H,18,19,20,21,22). The zero-order valence-corrected chi connectivity index (χ0v) is 13.0. The third-order valence-corrected chi connectivity index (χ3v) is 3.50. The second-order valence-electron chi connectivity index (χ2n) is 5.03. The van der Waals surface area contributed by atoms with E-state index in [2.05, 4.69) is 31.8 Å². The lowest BCUT2D eigenvalue weighted by Gasteiger charge is -2.13. The summed E-state index contributed by atoms with van der Waals surface area (Å²) in [4.78, 5) is 28.9. The van der Waals surface area contributed by atoms with Crippen LogP contribution in [0, 0.1) is 6.92 Å². The van der Waals surface area contributed by atoms with Crippen molar-refractivity contribution in [3.63, 3.8) is 0 Å². The van der Waals surface area contributed by atoms with Crippen LogP contribution in [0.3, 0.4) is 0 Å². The molecule has 0 saturated heterocycles. The van der Waals surface area contributed by atoms with Crippen molar-refractivity contribution in [2.45, 2.75) is 13.8 Å². The monoisotopic (exact) mass is 309 g/mol. The predicted octanol–water partition coefficient (Wildman–Crippen LogP) is 2.08. The molecule has 0 saturated carbocycles. The number of methoxy groups -OCH3 is 1. The zero-order chi connectivity index (χ0) is 16.6. The number of carbonyl (C=O) groups is 1. The summed E-state index contributed by atoms with van der Waals surface area (Å²) in [6.07, 6.45) is 0. The van der Waals surface area contributed by atoms with E-state index in [9.17, 15) is 4.79 Å². The number of nitrogens with one attached hydrogen (secondary N) is 1. The van der Waals surface area contributed by atoms with E-state index in [-0.39, 0.29) is 17.8 Å². The van der Waals surface area contributed by atoms with Crippen LogP contribution in [0.5, 0.6) is 5.75 Å². The third-order valence-electron chi connectivity index (χ3n) is 3.50. The molecule has 7 heteroatoms. The van der Waals surface area contributed by atoms with Gasteiger partial charge < -0.3 is 4.74 Å². The van der Waals surface area contributed by atoms with E-state index < -0.39 is 0 Å². The van der Waals surface area contributed by atoms with Gasteiger partial charge in [-0.05, 0) is 19.9 Å². The molecule has 0 bridgehead atoms. The minimum atomic E-state index is -0.327. The minimum Gasteiger partial charge on any atom is -0.494 e. The summed E-state index contributed by atoms with van der Waals surface area (Å²) in [6.45, 7) is 7.21. The SMILES string of the molecule is C=C1C(=O)N/C(=N\c2nc(C)c3cccc(OC)c3n2)N=C1C. The number of carbonyl (C=O) groups excluding carboxylic acids is 1. The molecule has 1 N–H and O–H groups in total. The van der Waals surface area contributed by atoms with Gasteiger partial charge in [0.05, 0.1) is 24.1 Å². The number of amides is 1. The average Bonchev–Trinajstić information content (AvgIpc) is 2.52. The minimum absolute atomic E-state index is 0.147. The Labute approximate surface area is 132 Å². The van der Waals surface area contributed by atoms with Gasteiger partial charge in [0.2, 0.25) is 5.96 Å². The second kappa shape index (κ2) is 5.60. The van der Waals surface area contributed by atoms with E-state index in [0.29, 0.717) is 22.6 Å². The lowest BCUT2D eigenvalue weighted by molar-refractivity contribution is -0.115. The van der Waals surface area contributed by atoms with E-state index in [0.717, 1.165) is 11.1 Å². The van der Waals surface area contributed by atoms with Crippen molar-refractivity contribution in [3.05, 3.63) is 36.0 Å². The van der Waals surface area contributed by atoms with E-state index >= 15 is 0 Å². The molecule has 0 fully saturated rings. The van der Waals surface area contributed by atoms with Crippen molar-refractivity contribution in [3.8, 4) is 5.75 Å². The molecular weight excluding hydrogens is 294 g/mol. The Kier molecular flexibility index (Phi) is 3.61. The molecule has 3 rings (SSSR count). The quantitative estimate of drug-likeness (QED) is 0.860. The van der Waals surface area contributed by atoms with Crippen LogP contribution in [-0.2, 0) is 4.79 Å². The highest BCUT2D eigenvalue weighted by atomic mass is 16.5. The van der Waals surface area contributed by atoms with E-state index in [1.165, 1.54) is 0 Å². The summed E-state index contributed by atoms with van der Waals surface area (Å²) in [6, 6.07) is 5.61. The molecule has 2 heterocycles. The van der Waals surface area contributed by atoms with E-state index in [4.69, 9.17) is 4.74 Å². The summed E-state index contributed by atoms with van der Waals surface area (Å²) < 4.78 is 5.33. The van der Waals surface area contributed by atoms with Gasteiger partial charge in [-0.1, -0.05) is 18.7 Å². The average molecular weight is 309 g/mol. The molecule has 0 unspecified atom stereocenters. The van der Waals surface area contributed by atoms with Crippen molar-refractivity contribution >= 4 is 34.4 Å². The Bertz CT molecular complexity index is 899. The van der Waals surface area contributed by atoms with Crippen LogP contribution in [0.1, 0.15) is 12.6 Å². The van der Waals surface area contributed by atoms with Gasteiger partial charge in [0.15, 0.2) is 0 Å². The number of hydrogen-bond acceptors (Lipinski definition) is 5. The number of para-hydroxylation sites is 1. The zero-order valence-electron chi connectivity index (χ0n) is 13.0. The highest BCUT2D eigenvalue weighted by Crippen LogP contribution is 2.26. The number of hydrogen-bond donors (Lipinski definition) is 1. The van der Waals surface area contributed by atoms with E-state index in [1.54, 1.807) is 14.0 Å². The number of aromatic nitrogens is 2. The molecular formula is C16H15N5O2. The summed E-state index contributed by atoms with van der Waals surface area (Å²) in [5.41, 5.74) is 2.26. The van der Waals surface area contributed by atoms with Gasteiger partial charge in [0.25, 0.3) is 11.9 Å². The maximum Gasteiger partial charge on any atom is 0.259 e. The summed E-state index contributed by atoms with van der Waals surface area (Å²) in [5.74, 6) is 0.661. The van der Waals surface area contributed by atoms with Crippen LogP contribution < -0.4 is 10.1 Å². The lowest BCUT2D eigenvalue weighted by Crippen LogP contribution is -2.37. The molecule has 1 aliphatic heterocycles. The van der Waals surface area contributed by atoms with Gasteiger partial charge in [-0.2, -0.15) is 4.99 Å². The number of ether oxygens (including phenoxy) is 1. The van der Waals surface area contributed by atoms with E-state index in [1.807, 2.05) is 25.1 Å². The van der Waals surface area contributed by atoms with Crippen molar-refractivity contribution in [1.82, 2.24) is 15.3 Å². The van der Waals surface area contributed by atoms with Crippen LogP contribution in [0.15, 0.2) is 40.3 Å². The smallest absolute Gasteiger partial charge is 0.259 e. The Hall–Kier alpha value is -3.09. The first-order valence-electron chi connectivity index (χ1n) is 6.95. The molecule has 0 spiro atoms. The highest BCUT2D eigenvalue weighted by molar-refractivity contribution is 6.29. The molecule has 23 heavy (non-hydrogen) atoms. The Balaban J connectivity index is 2.13. The molecule has 1 aliphatic rings. The summed E-state index contributed by atoms with van der Waals surface area (Å²) >= 11 is 0. The third kappa shape index (κ3) is 2.68.